The van der Waals surface area contributed by atoms with Crippen LogP contribution in [-0.4, -0.2) is 5.43 Å². The van der Waals surface area contributed by atoms with Crippen LogP contribution in [0, 0.1) is 0 Å². The van der Waals surface area contributed by atoms with Crippen LogP contribution < -0.4 is 0 Å². The molecular formula is C48H46Cl2SiZr. The summed E-state index contributed by atoms with van der Waals surface area (Å²) in [5.74, 6) is 0. The largest absolute Gasteiger partial charge is 0.147 e. The van der Waals surface area contributed by atoms with Crippen molar-refractivity contribution in [2.75, 3.05) is 0 Å². The third-order valence-corrected chi connectivity index (χ3v) is 30.7. The third kappa shape index (κ3) is 7.60. The maximum Gasteiger partial charge on any atom is -0.147 e. The van der Waals surface area contributed by atoms with Crippen LogP contribution in [-0.2, 0) is 33.2 Å². The smallest absolute Gasteiger partial charge is 0.147 e. The maximum atomic E-state index is 2.63. The van der Waals surface area contributed by atoms with Gasteiger partial charge in [-0.3, -0.25) is 0 Å². The molecule has 0 fully saturated rings. The molecule has 0 heterocycles. The molecule has 8 rings (SSSR count). The number of fused-ring (bicyclic) bond motifs is 2. The maximum absolute atomic E-state index is 2.63. The second kappa shape index (κ2) is 16.7. The summed E-state index contributed by atoms with van der Waals surface area (Å²) in [6.07, 6.45) is 7.06. The van der Waals surface area contributed by atoms with E-state index in [1.165, 1.54) is 55.6 Å². The van der Waals surface area contributed by atoms with Crippen molar-refractivity contribution in [2.45, 2.75) is 47.0 Å². The van der Waals surface area contributed by atoms with Crippen molar-refractivity contribution < 1.29 is 20.4 Å². The molecule has 52 heavy (non-hydrogen) atoms. The topological polar surface area (TPSA) is 0 Å². The molecule has 4 heteroatoms. The fraction of sp³-hybridized carbons (Fsp3) is 0.167. The van der Waals surface area contributed by atoms with Crippen LogP contribution in [0.3, 0.4) is 0 Å². The van der Waals surface area contributed by atoms with E-state index in [2.05, 4.69) is 185 Å². The molecule has 2 aliphatic carbocycles. The molecule has 0 aliphatic heterocycles. The van der Waals surface area contributed by atoms with Crippen LogP contribution in [0.15, 0.2) is 157 Å². The van der Waals surface area contributed by atoms with Gasteiger partial charge in [0, 0.05) is 0 Å². The Balaban J connectivity index is 0.00000232. The third-order valence-electron chi connectivity index (χ3n) is 10.8. The van der Waals surface area contributed by atoms with Crippen LogP contribution in [0.1, 0.15) is 65.6 Å². The van der Waals surface area contributed by atoms with Crippen LogP contribution >= 0.6 is 24.8 Å². The summed E-state index contributed by atoms with van der Waals surface area (Å²) in [6, 6.07) is 54.5. The molecule has 0 saturated heterocycles. The number of allylic oxidation sites excluding steroid dienone is 2. The van der Waals surface area contributed by atoms with Crippen LogP contribution in [0.5, 0.6) is 0 Å². The molecule has 6 aromatic carbocycles. The second-order valence-corrected chi connectivity index (χ2v) is 32.3. The van der Waals surface area contributed by atoms with E-state index in [-0.39, 0.29) is 24.8 Å². The summed E-state index contributed by atoms with van der Waals surface area (Å²) in [4.78, 5) is 0. The van der Waals surface area contributed by atoms with Gasteiger partial charge in [0.15, 0.2) is 0 Å². The van der Waals surface area contributed by atoms with Crippen molar-refractivity contribution in [1.82, 2.24) is 0 Å². The molecule has 0 bridgehead atoms. The van der Waals surface area contributed by atoms with Crippen molar-refractivity contribution in [3.8, 4) is 22.3 Å². The fourth-order valence-corrected chi connectivity index (χ4v) is 29.2. The standard InChI is InChI=1S/2C23H19.C2H6Si.2ClH.Zr/c2*1-17-14-21-8-5-9-22(23(21)15-17)20-12-10-19(11-13-20)16-18-6-3-2-4-7-18;1-3-2;;;/h2*2-15H,16H2,1H3;1-2H3;2*1H;. The van der Waals surface area contributed by atoms with E-state index in [9.17, 15) is 0 Å². The number of hydrogen-bond acceptors (Lipinski definition) is 0. The molecule has 0 aromatic heterocycles. The summed E-state index contributed by atoms with van der Waals surface area (Å²) in [6.45, 7) is 10.1. The molecule has 2 unspecified atom stereocenters. The van der Waals surface area contributed by atoms with Gasteiger partial charge in [-0.2, -0.15) is 0 Å². The Morgan fingerprint density at radius 2 is 0.808 bits per heavy atom. The molecule has 0 nitrogen and oxygen atoms in total. The average molecular weight is 813 g/mol. The van der Waals surface area contributed by atoms with Gasteiger partial charge >= 0.3 is 296 Å². The van der Waals surface area contributed by atoms with Crippen LogP contribution in [0.2, 0.25) is 13.1 Å². The van der Waals surface area contributed by atoms with Gasteiger partial charge in [0.2, 0.25) is 0 Å². The summed E-state index contributed by atoms with van der Waals surface area (Å²) in [5, 5.41) is 0. The van der Waals surface area contributed by atoms with Gasteiger partial charge in [-0.1, -0.05) is 12.1 Å². The molecule has 0 radical (unpaired) electrons. The van der Waals surface area contributed by atoms with E-state index in [1.54, 1.807) is 22.3 Å². The zero-order chi connectivity index (χ0) is 34.2. The molecule has 0 spiro atoms. The summed E-state index contributed by atoms with van der Waals surface area (Å²) in [5.41, 5.74) is 19.7. The first-order valence-corrected chi connectivity index (χ1v) is 27.0. The van der Waals surface area contributed by atoms with Gasteiger partial charge in [-0.05, 0) is 0 Å². The first kappa shape index (κ1) is 38.2. The minimum absolute atomic E-state index is 0. The quantitative estimate of drug-likeness (QED) is 0.134. The normalized spacial score (nSPS) is 15.4. The zero-order valence-electron chi connectivity index (χ0n) is 30.4. The Bertz CT molecular complexity index is 2120. The monoisotopic (exact) mass is 810 g/mol. The van der Waals surface area contributed by atoms with Crippen molar-refractivity contribution in [2.24, 2.45) is 0 Å². The first-order chi connectivity index (χ1) is 24.4. The van der Waals surface area contributed by atoms with Gasteiger partial charge in [-0.25, -0.2) is 0 Å². The number of rotatable bonds is 8. The number of halogens is 2. The van der Waals surface area contributed by atoms with Crippen molar-refractivity contribution >= 4 is 42.4 Å². The van der Waals surface area contributed by atoms with Gasteiger partial charge in [0.1, 0.15) is 0 Å². The number of benzene rings is 6. The molecule has 2 aliphatic rings. The Morgan fingerprint density at radius 1 is 0.442 bits per heavy atom. The first-order valence-electron chi connectivity index (χ1n) is 18.0. The van der Waals surface area contributed by atoms with Crippen LogP contribution in [0.4, 0.5) is 0 Å². The predicted octanol–water partition coefficient (Wildman–Crippen LogP) is 13.5. The van der Waals surface area contributed by atoms with Crippen LogP contribution in [0.25, 0.3) is 34.4 Å². The summed E-state index contributed by atoms with van der Waals surface area (Å²) in [7, 11) is 0. The summed E-state index contributed by atoms with van der Waals surface area (Å²) < 4.78 is 1.24. The minimum atomic E-state index is -2.16. The predicted molar refractivity (Wildman–Crippen MR) is 227 cm³/mol. The van der Waals surface area contributed by atoms with E-state index >= 15 is 0 Å². The second-order valence-electron chi connectivity index (χ2n) is 14.4. The Morgan fingerprint density at radius 3 is 1.17 bits per heavy atom. The van der Waals surface area contributed by atoms with Crippen molar-refractivity contribution in [3.05, 3.63) is 201 Å². The van der Waals surface area contributed by atoms with Crippen molar-refractivity contribution in [1.29, 1.82) is 0 Å². The average Bonchev–Trinajstić information content (AvgIpc) is 3.65. The number of hydrogen-bond donors (Lipinski definition) is 0. The molecule has 6 aromatic rings. The van der Waals surface area contributed by atoms with E-state index in [0.717, 1.165) is 12.8 Å². The fourth-order valence-electron chi connectivity index (χ4n) is 8.44. The molecule has 0 amide bonds. The molecule has 0 N–H and O–H groups in total. The van der Waals surface area contributed by atoms with E-state index in [4.69, 9.17) is 0 Å². The molecule has 260 valence electrons. The SMILES string of the molecule is CC1=Cc2c(-c3ccc(Cc4ccccc4)cc3)cccc2[CH]1[Zr]([CH]1C(C)=Cc2c(-c3ccc(Cc4ccccc4)cc3)cccc21)=[Si](C)C.Cl.Cl. The molecular weight excluding hydrogens is 767 g/mol. The van der Waals surface area contributed by atoms with E-state index in [0.29, 0.717) is 7.25 Å². The minimum Gasteiger partial charge on any atom is -0.147 e. The zero-order valence-corrected chi connectivity index (χ0v) is 35.5. The van der Waals surface area contributed by atoms with Gasteiger partial charge in [0.05, 0.1) is 0 Å². The Kier molecular flexibility index (Phi) is 12.2. The Hall–Kier alpha value is -3.52. The summed E-state index contributed by atoms with van der Waals surface area (Å²) >= 11 is -2.16. The van der Waals surface area contributed by atoms with Gasteiger partial charge in [-0.15, -0.1) is 24.8 Å². The van der Waals surface area contributed by atoms with Gasteiger partial charge < -0.3 is 0 Å². The van der Waals surface area contributed by atoms with Crippen molar-refractivity contribution in [3.63, 3.8) is 0 Å². The van der Waals surface area contributed by atoms with Gasteiger partial charge in [0.25, 0.3) is 0 Å². The molecule has 0 saturated carbocycles. The van der Waals surface area contributed by atoms with E-state index in [1.807, 2.05) is 0 Å². The molecule has 2 atom stereocenters. The Labute approximate surface area is 330 Å². The van der Waals surface area contributed by atoms with E-state index < -0.39 is 25.8 Å².